The van der Waals surface area contributed by atoms with Gasteiger partial charge >= 0.3 is 0 Å². The molecule has 1 atom stereocenters. The van der Waals surface area contributed by atoms with E-state index >= 15 is 0 Å². The lowest BCUT2D eigenvalue weighted by Crippen LogP contribution is -2.43. The summed E-state index contributed by atoms with van der Waals surface area (Å²) in [4.78, 5) is 6.13. The molecular weight excluding hydrogens is 270 g/mol. The maximum Gasteiger partial charge on any atom is 0.140 e. The van der Waals surface area contributed by atoms with E-state index in [0.717, 1.165) is 10.3 Å². The van der Waals surface area contributed by atoms with Gasteiger partial charge in [0.25, 0.3) is 0 Å². The largest absolute Gasteiger partial charge is 0.387 e. The molecule has 0 spiro atoms. The van der Waals surface area contributed by atoms with Crippen molar-refractivity contribution in [2.75, 3.05) is 32.5 Å². The van der Waals surface area contributed by atoms with Gasteiger partial charge in [0, 0.05) is 19.3 Å². The minimum Gasteiger partial charge on any atom is -0.387 e. The zero-order valence-corrected chi connectivity index (χ0v) is 11.5. The highest BCUT2D eigenvalue weighted by molar-refractivity contribution is 9.10. The molecule has 0 aromatic carbocycles. The van der Waals surface area contributed by atoms with Crippen molar-refractivity contribution in [3.63, 3.8) is 0 Å². The third-order valence-electron chi connectivity index (χ3n) is 2.05. The number of hydrogen-bond donors (Lipinski definition) is 2. The van der Waals surface area contributed by atoms with E-state index in [1.54, 1.807) is 13.1 Å². The first-order valence-corrected chi connectivity index (χ1v) is 5.91. The molecule has 1 aromatic heterocycles. The summed E-state index contributed by atoms with van der Waals surface area (Å²) < 4.78 is 0.899. The number of hydrogen-bond acceptors (Lipinski definition) is 4. The first kappa shape index (κ1) is 13.4. The van der Waals surface area contributed by atoms with E-state index in [9.17, 15) is 5.11 Å². The molecule has 0 saturated carbocycles. The van der Waals surface area contributed by atoms with Gasteiger partial charge in [0.1, 0.15) is 5.82 Å². The Labute approximate surface area is 105 Å². The number of pyridine rings is 1. The lowest BCUT2D eigenvalue weighted by Gasteiger charge is -2.27. The lowest BCUT2D eigenvalue weighted by atomic mass is 10.1. The van der Waals surface area contributed by atoms with Gasteiger partial charge in [0.2, 0.25) is 0 Å². The fourth-order valence-electron chi connectivity index (χ4n) is 1.53. The van der Waals surface area contributed by atoms with E-state index in [4.69, 9.17) is 0 Å². The second-order valence-corrected chi connectivity index (χ2v) is 5.28. The molecule has 90 valence electrons. The molecule has 1 unspecified atom stereocenters. The summed E-state index contributed by atoms with van der Waals surface area (Å²) in [5.41, 5.74) is -0.777. The molecule has 4 nitrogen and oxygen atoms in total. The summed E-state index contributed by atoms with van der Waals surface area (Å²) >= 11 is 3.40. The smallest absolute Gasteiger partial charge is 0.140 e. The molecule has 0 bridgehead atoms. The first-order chi connectivity index (χ1) is 7.41. The Morgan fingerprint density at radius 3 is 2.81 bits per heavy atom. The summed E-state index contributed by atoms with van der Waals surface area (Å²) in [6.45, 7) is 2.86. The van der Waals surface area contributed by atoms with Gasteiger partial charge in [-0.15, -0.1) is 0 Å². The van der Waals surface area contributed by atoms with Crippen molar-refractivity contribution in [3.05, 3.63) is 22.8 Å². The number of nitrogens with one attached hydrogen (secondary N) is 1. The van der Waals surface area contributed by atoms with Crippen LogP contribution in [0.4, 0.5) is 5.82 Å². The van der Waals surface area contributed by atoms with Crippen LogP contribution in [-0.2, 0) is 0 Å². The van der Waals surface area contributed by atoms with Crippen LogP contribution >= 0.6 is 15.9 Å². The van der Waals surface area contributed by atoms with Crippen molar-refractivity contribution in [1.29, 1.82) is 0 Å². The van der Waals surface area contributed by atoms with Gasteiger partial charge in [-0.1, -0.05) is 0 Å². The average Bonchev–Trinajstić information content (AvgIpc) is 2.14. The molecule has 5 heteroatoms. The number of aromatic nitrogens is 1. The van der Waals surface area contributed by atoms with Gasteiger partial charge in [-0.25, -0.2) is 4.98 Å². The molecule has 16 heavy (non-hydrogen) atoms. The minimum absolute atomic E-state index is 0.459. The minimum atomic E-state index is -0.777. The normalized spacial score (nSPS) is 14.9. The zero-order chi connectivity index (χ0) is 12.2. The van der Waals surface area contributed by atoms with Crippen molar-refractivity contribution in [2.24, 2.45) is 0 Å². The molecule has 2 N–H and O–H groups in total. The number of rotatable bonds is 5. The molecule has 0 aliphatic rings. The van der Waals surface area contributed by atoms with Gasteiger partial charge in [-0.2, -0.15) is 0 Å². The number of likely N-dealkylation sites (N-methyl/N-ethyl adjacent to an activating group) is 1. The van der Waals surface area contributed by atoms with Gasteiger partial charge in [-0.05, 0) is 49.1 Å². The topological polar surface area (TPSA) is 48.4 Å². The molecule has 0 amide bonds. The molecule has 1 heterocycles. The van der Waals surface area contributed by atoms with Crippen molar-refractivity contribution in [3.8, 4) is 0 Å². The Morgan fingerprint density at radius 2 is 2.25 bits per heavy atom. The van der Waals surface area contributed by atoms with Gasteiger partial charge in [0.15, 0.2) is 0 Å². The van der Waals surface area contributed by atoms with Crippen LogP contribution in [0.15, 0.2) is 22.8 Å². The van der Waals surface area contributed by atoms with Crippen LogP contribution in [0, 0.1) is 0 Å². The standard InChI is InChI=1S/C11H18BrN3O/c1-11(16,8-15(2)3)7-14-10-9(12)5-4-6-13-10/h4-6,16H,7-8H2,1-3H3,(H,13,14). The third-order valence-corrected chi connectivity index (χ3v) is 2.69. The average molecular weight is 288 g/mol. The summed E-state index contributed by atoms with van der Waals surface area (Å²) in [7, 11) is 3.87. The van der Waals surface area contributed by atoms with E-state index in [1.807, 2.05) is 31.1 Å². The van der Waals surface area contributed by atoms with E-state index in [-0.39, 0.29) is 0 Å². The quantitative estimate of drug-likeness (QED) is 0.863. The summed E-state index contributed by atoms with van der Waals surface area (Å²) in [6, 6.07) is 3.77. The summed E-state index contributed by atoms with van der Waals surface area (Å²) in [5, 5.41) is 13.2. The maximum absolute atomic E-state index is 10.1. The van der Waals surface area contributed by atoms with Crippen LogP contribution in [-0.4, -0.2) is 47.8 Å². The Balaban J connectivity index is 2.54. The molecule has 0 saturated heterocycles. The maximum atomic E-state index is 10.1. The Hall–Kier alpha value is -0.650. The van der Waals surface area contributed by atoms with Crippen LogP contribution < -0.4 is 5.32 Å². The summed E-state index contributed by atoms with van der Waals surface area (Å²) in [6.07, 6.45) is 1.72. The van der Waals surface area contributed by atoms with Gasteiger partial charge in [0.05, 0.1) is 10.1 Å². The number of anilines is 1. The fraction of sp³-hybridized carbons (Fsp3) is 0.545. The third kappa shape index (κ3) is 4.47. The zero-order valence-electron chi connectivity index (χ0n) is 9.87. The predicted octanol–water partition coefficient (Wildman–Crippen LogP) is 1.57. The van der Waals surface area contributed by atoms with E-state index in [2.05, 4.69) is 26.2 Å². The molecule has 1 rings (SSSR count). The van der Waals surface area contributed by atoms with Crippen LogP contribution in [0.3, 0.4) is 0 Å². The van der Waals surface area contributed by atoms with E-state index in [0.29, 0.717) is 13.1 Å². The Kier molecular flexibility index (Phi) is 4.70. The van der Waals surface area contributed by atoms with Crippen molar-refractivity contribution >= 4 is 21.7 Å². The van der Waals surface area contributed by atoms with Crippen molar-refractivity contribution < 1.29 is 5.11 Å². The molecule has 1 aromatic rings. The number of nitrogens with zero attached hydrogens (tertiary/aromatic N) is 2. The van der Waals surface area contributed by atoms with Crippen LogP contribution in [0.2, 0.25) is 0 Å². The highest BCUT2D eigenvalue weighted by atomic mass is 79.9. The predicted molar refractivity (Wildman–Crippen MR) is 69.6 cm³/mol. The van der Waals surface area contributed by atoms with Gasteiger partial charge < -0.3 is 15.3 Å². The molecular formula is C11H18BrN3O. The fourth-order valence-corrected chi connectivity index (χ4v) is 1.92. The molecule has 0 fully saturated rings. The second kappa shape index (κ2) is 5.61. The molecule has 0 aliphatic carbocycles. The monoisotopic (exact) mass is 287 g/mol. The van der Waals surface area contributed by atoms with Gasteiger partial charge in [-0.3, -0.25) is 0 Å². The van der Waals surface area contributed by atoms with Crippen molar-refractivity contribution in [1.82, 2.24) is 9.88 Å². The summed E-state index contributed by atoms with van der Waals surface area (Å²) in [5.74, 6) is 0.751. The Bertz CT molecular complexity index is 342. The number of halogens is 1. The molecule has 0 aliphatic heterocycles. The number of aliphatic hydroxyl groups is 1. The van der Waals surface area contributed by atoms with E-state index in [1.165, 1.54) is 0 Å². The lowest BCUT2D eigenvalue weighted by molar-refractivity contribution is 0.0459. The van der Waals surface area contributed by atoms with Crippen LogP contribution in [0.5, 0.6) is 0 Å². The second-order valence-electron chi connectivity index (χ2n) is 4.42. The SMILES string of the molecule is CN(C)CC(C)(O)CNc1ncccc1Br. The van der Waals surface area contributed by atoms with Crippen LogP contribution in [0.1, 0.15) is 6.92 Å². The highest BCUT2D eigenvalue weighted by Crippen LogP contribution is 2.19. The van der Waals surface area contributed by atoms with Crippen molar-refractivity contribution in [2.45, 2.75) is 12.5 Å². The highest BCUT2D eigenvalue weighted by Gasteiger charge is 2.21. The van der Waals surface area contributed by atoms with E-state index < -0.39 is 5.60 Å². The van der Waals surface area contributed by atoms with Crippen LogP contribution in [0.25, 0.3) is 0 Å². The Morgan fingerprint density at radius 1 is 1.56 bits per heavy atom. The molecule has 0 radical (unpaired) electrons. The first-order valence-electron chi connectivity index (χ1n) is 5.12.